The van der Waals surface area contributed by atoms with Gasteiger partial charge in [0.2, 0.25) is 0 Å². The maximum atomic E-state index is 12.5. The molecular weight excluding hydrogens is 138 g/mol. The van der Waals surface area contributed by atoms with Crippen LogP contribution in [-0.2, 0) is 4.74 Å². The number of ether oxygens (including phenoxy) is 1. The van der Waals surface area contributed by atoms with Gasteiger partial charge in [-0.15, -0.1) is 0 Å². The summed E-state index contributed by atoms with van der Waals surface area (Å²) in [6.07, 6.45) is 0.791. The lowest BCUT2D eigenvalue weighted by molar-refractivity contribution is -0.136. The average Bonchev–Trinajstić information content (AvgIpc) is 1.86. The fraction of sp³-hybridized carbons (Fsp3) is 1.00. The second-order valence-electron chi connectivity index (χ2n) is 2.85. The van der Waals surface area contributed by atoms with Crippen molar-refractivity contribution >= 4 is 0 Å². The lowest BCUT2D eigenvalue weighted by Crippen LogP contribution is -2.34. The molecule has 1 fully saturated rings. The van der Waals surface area contributed by atoms with Crippen LogP contribution in [0.5, 0.6) is 0 Å². The Morgan fingerprint density at radius 1 is 1.60 bits per heavy atom. The Kier molecular flexibility index (Phi) is 2.24. The highest BCUT2D eigenvalue weighted by Crippen LogP contribution is 2.29. The number of alkyl halides is 2. The molecule has 0 aromatic rings. The summed E-state index contributed by atoms with van der Waals surface area (Å²) in [6, 6.07) is 0. The van der Waals surface area contributed by atoms with Crippen molar-refractivity contribution in [1.29, 1.82) is 0 Å². The van der Waals surface area contributed by atoms with Gasteiger partial charge in [-0.25, -0.2) is 8.78 Å². The van der Waals surface area contributed by atoms with Crippen molar-refractivity contribution in [2.24, 2.45) is 5.92 Å². The van der Waals surface area contributed by atoms with Crippen LogP contribution in [0.25, 0.3) is 0 Å². The first-order valence-corrected chi connectivity index (χ1v) is 3.59. The summed E-state index contributed by atoms with van der Waals surface area (Å²) in [4.78, 5) is 0. The molecule has 1 aliphatic heterocycles. The Labute approximate surface area is 59.4 Å². The molecule has 1 nitrogen and oxygen atoms in total. The van der Waals surface area contributed by atoms with Crippen molar-refractivity contribution in [3.8, 4) is 0 Å². The Hall–Kier alpha value is -0.180. The average molecular weight is 150 g/mol. The standard InChI is InChI=1S/C7H12F2O/c1-2-6-3-7(8,9)5-10-4-6/h6H,2-5H2,1H3. The minimum absolute atomic E-state index is 0.00347. The summed E-state index contributed by atoms with van der Waals surface area (Å²) in [6.45, 7) is 2.03. The van der Waals surface area contributed by atoms with Crippen LogP contribution in [0.15, 0.2) is 0 Å². The van der Waals surface area contributed by atoms with E-state index in [1.165, 1.54) is 0 Å². The Bertz CT molecular complexity index is 114. The third-order valence-corrected chi connectivity index (χ3v) is 1.83. The van der Waals surface area contributed by atoms with E-state index in [-0.39, 0.29) is 18.9 Å². The Morgan fingerprint density at radius 3 is 2.70 bits per heavy atom. The van der Waals surface area contributed by atoms with Crippen molar-refractivity contribution in [2.45, 2.75) is 25.7 Å². The van der Waals surface area contributed by atoms with Crippen molar-refractivity contribution in [2.75, 3.05) is 13.2 Å². The van der Waals surface area contributed by atoms with Crippen LogP contribution >= 0.6 is 0 Å². The molecule has 0 bridgehead atoms. The van der Waals surface area contributed by atoms with Crippen LogP contribution in [0, 0.1) is 5.92 Å². The van der Waals surface area contributed by atoms with Crippen LogP contribution < -0.4 is 0 Å². The summed E-state index contributed by atoms with van der Waals surface area (Å²) in [5.41, 5.74) is 0. The van der Waals surface area contributed by atoms with Gasteiger partial charge in [-0.2, -0.15) is 0 Å². The van der Waals surface area contributed by atoms with Crippen LogP contribution in [0.3, 0.4) is 0 Å². The van der Waals surface area contributed by atoms with Crippen molar-refractivity contribution in [1.82, 2.24) is 0 Å². The molecule has 1 heterocycles. The Morgan fingerprint density at radius 2 is 2.30 bits per heavy atom. The van der Waals surface area contributed by atoms with E-state index in [9.17, 15) is 8.78 Å². The zero-order valence-corrected chi connectivity index (χ0v) is 6.07. The largest absolute Gasteiger partial charge is 0.375 e. The molecule has 1 aliphatic rings. The summed E-state index contributed by atoms with van der Waals surface area (Å²) in [5, 5.41) is 0. The topological polar surface area (TPSA) is 9.23 Å². The molecule has 0 spiro atoms. The van der Waals surface area contributed by atoms with Gasteiger partial charge in [-0.3, -0.25) is 0 Å². The minimum atomic E-state index is -2.57. The maximum Gasteiger partial charge on any atom is 0.271 e. The molecule has 0 aromatic heterocycles. The van der Waals surface area contributed by atoms with E-state index < -0.39 is 5.92 Å². The predicted octanol–water partition coefficient (Wildman–Crippen LogP) is 2.07. The first kappa shape index (κ1) is 7.92. The van der Waals surface area contributed by atoms with Gasteiger partial charge in [0.05, 0.1) is 0 Å². The molecular formula is C7H12F2O. The highest BCUT2D eigenvalue weighted by atomic mass is 19.3. The van der Waals surface area contributed by atoms with E-state index in [0.717, 1.165) is 6.42 Å². The third-order valence-electron chi connectivity index (χ3n) is 1.83. The first-order valence-electron chi connectivity index (χ1n) is 3.59. The van der Waals surface area contributed by atoms with E-state index in [4.69, 9.17) is 4.74 Å². The second-order valence-corrected chi connectivity index (χ2v) is 2.85. The van der Waals surface area contributed by atoms with Crippen molar-refractivity contribution in [3.05, 3.63) is 0 Å². The van der Waals surface area contributed by atoms with Crippen molar-refractivity contribution in [3.63, 3.8) is 0 Å². The molecule has 10 heavy (non-hydrogen) atoms. The van der Waals surface area contributed by atoms with Gasteiger partial charge < -0.3 is 4.74 Å². The van der Waals surface area contributed by atoms with Crippen molar-refractivity contribution < 1.29 is 13.5 Å². The molecule has 0 amide bonds. The summed E-state index contributed by atoms with van der Waals surface area (Å²) >= 11 is 0. The summed E-state index contributed by atoms with van der Waals surface area (Å²) < 4.78 is 29.8. The first-order chi connectivity index (χ1) is 4.64. The zero-order valence-electron chi connectivity index (χ0n) is 6.07. The van der Waals surface area contributed by atoms with Crippen LogP contribution in [0.1, 0.15) is 19.8 Å². The molecule has 0 radical (unpaired) electrons. The second kappa shape index (κ2) is 2.82. The lowest BCUT2D eigenvalue weighted by atomic mass is 9.97. The maximum absolute atomic E-state index is 12.5. The highest BCUT2D eigenvalue weighted by molar-refractivity contribution is 4.75. The monoisotopic (exact) mass is 150 g/mol. The number of hydrogen-bond acceptors (Lipinski definition) is 1. The van der Waals surface area contributed by atoms with Gasteiger partial charge in [0.15, 0.2) is 0 Å². The quantitative estimate of drug-likeness (QED) is 0.556. The van der Waals surface area contributed by atoms with Gasteiger partial charge in [0.25, 0.3) is 5.92 Å². The lowest BCUT2D eigenvalue weighted by Gasteiger charge is -2.27. The normalized spacial score (nSPS) is 32.1. The number of halogens is 2. The van der Waals surface area contributed by atoms with E-state index in [2.05, 4.69) is 0 Å². The van der Waals surface area contributed by atoms with Gasteiger partial charge in [-0.05, 0) is 5.92 Å². The van der Waals surface area contributed by atoms with E-state index in [1.807, 2.05) is 6.92 Å². The number of rotatable bonds is 1. The molecule has 1 saturated heterocycles. The molecule has 0 aromatic carbocycles. The molecule has 0 saturated carbocycles. The predicted molar refractivity (Wildman–Crippen MR) is 34.2 cm³/mol. The molecule has 60 valence electrons. The molecule has 3 heteroatoms. The fourth-order valence-electron chi connectivity index (χ4n) is 1.18. The van der Waals surface area contributed by atoms with Crippen LogP contribution in [-0.4, -0.2) is 19.1 Å². The van der Waals surface area contributed by atoms with Gasteiger partial charge in [0, 0.05) is 13.0 Å². The third kappa shape index (κ3) is 1.90. The SMILES string of the molecule is CCC1COCC(F)(F)C1. The molecule has 0 N–H and O–H groups in total. The number of hydrogen-bond donors (Lipinski definition) is 0. The zero-order chi connectivity index (χ0) is 7.61. The summed E-state index contributed by atoms with van der Waals surface area (Å²) in [5.74, 6) is -2.51. The molecule has 0 aliphatic carbocycles. The minimum Gasteiger partial charge on any atom is -0.375 e. The van der Waals surface area contributed by atoms with Crippen LogP contribution in [0.4, 0.5) is 8.78 Å². The Balaban J connectivity index is 2.40. The van der Waals surface area contributed by atoms with E-state index >= 15 is 0 Å². The molecule has 1 atom stereocenters. The smallest absolute Gasteiger partial charge is 0.271 e. The molecule has 1 unspecified atom stereocenters. The molecule has 1 rings (SSSR count). The van der Waals surface area contributed by atoms with Gasteiger partial charge in [-0.1, -0.05) is 13.3 Å². The van der Waals surface area contributed by atoms with Gasteiger partial charge in [0.1, 0.15) is 6.61 Å². The fourth-order valence-corrected chi connectivity index (χ4v) is 1.18. The summed E-state index contributed by atoms with van der Waals surface area (Å²) in [7, 11) is 0. The van der Waals surface area contributed by atoms with Gasteiger partial charge >= 0.3 is 0 Å². The highest BCUT2D eigenvalue weighted by Gasteiger charge is 2.36. The van der Waals surface area contributed by atoms with E-state index in [0.29, 0.717) is 6.61 Å². The van der Waals surface area contributed by atoms with E-state index in [1.54, 1.807) is 0 Å². The van der Waals surface area contributed by atoms with Crippen LogP contribution in [0.2, 0.25) is 0 Å².